The van der Waals surface area contributed by atoms with Crippen LogP contribution in [0.2, 0.25) is 0 Å². The Kier molecular flexibility index (Phi) is 3.97. The second-order valence-electron chi connectivity index (χ2n) is 4.00. The van der Waals surface area contributed by atoms with Gasteiger partial charge in [0.2, 0.25) is 0 Å². The fraction of sp³-hybridized carbons (Fsp3) is 0.583. The van der Waals surface area contributed by atoms with Gasteiger partial charge < -0.3 is 9.73 Å². The van der Waals surface area contributed by atoms with Crippen molar-refractivity contribution < 1.29 is 4.42 Å². The summed E-state index contributed by atoms with van der Waals surface area (Å²) >= 11 is 0. The SMILES string of the molecule is C1=C(CCNCc2cnco2)CCCC1. The lowest BCUT2D eigenvalue weighted by Crippen LogP contribution is -2.15. The number of hydrogen-bond acceptors (Lipinski definition) is 3. The zero-order valence-corrected chi connectivity index (χ0v) is 9.04. The van der Waals surface area contributed by atoms with Crippen LogP contribution in [-0.4, -0.2) is 11.5 Å². The van der Waals surface area contributed by atoms with E-state index in [9.17, 15) is 0 Å². The molecule has 0 unspecified atom stereocenters. The molecule has 1 N–H and O–H groups in total. The maximum atomic E-state index is 5.14. The Balaban J connectivity index is 1.60. The van der Waals surface area contributed by atoms with Gasteiger partial charge in [-0.05, 0) is 38.6 Å². The van der Waals surface area contributed by atoms with E-state index in [0.717, 1.165) is 18.8 Å². The summed E-state index contributed by atoms with van der Waals surface area (Å²) in [5, 5.41) is 3.36. The van der Waals surface area contributed by atoms with E-state index in [1.54, 1.807) is 11.8 Å². The molecule has 0 aliphatic heterocycles. The van der Waals surface area contributed by atoms with Crippen molar-refractivity contribution in [2.45, 2.75) is 38.6 Å². The van der Waals surface area contributed by atoms with Gasteiger partial charge in [0, 0.05) is 0 Å². The lowest BCUT2D eigenvalue weighted by atomic mass is 9.97. The Bertz CT molecular complexity index is 303. The molecule has 0 amide bonds. The minimum atomic E-state index is 0.785. The van der Waals surface area contributed by atoms with Gasteiger partial charge in [-0.15, -0.1) is 0 Å². The van der Waals surface area contributed by atoms with Crippen LogP contribution in [0, 0.1) is 0 Å². The molecule has 15 heavy (non-hydrogen) atoms. The Morgan fingerprint density at radius 1 is 1.40 bits per heavy atom. The molecular weight excluding hydrogens is 188 g/mol. The molecule has 1 aromatic heterocycles. The van der Waals surface area contributed by atoms with Crippen molar-refractivity contribution in [1.29, 1.82) is 0 Å². The average Bonchev–Trinajstić information content (AvgIpc) is 2.79. The minimum absolute atomic E-state index is 0.785. The van der Waals surface area contributed by atoms with E-state index in [-0.39, 0.29) is 0 Å². The fourth-order valence-electron chi connectivity index (χ4n) is 1.92. The van der Waals surface area contributed by atoms with Crippen LogP contribution in [0.3, 0.4) is 0 Å². The Morgan fingerprint density at radius 2 is 2.40 bits per heavy atom. The fourth-order valence-corrected chi connectivity index (χ4v) is 1.92. The van der Waals surface area contributed by atoms with Crippen molar-refractivity contribution >= 4 is 0 Å². The van der Waals surface area contributed by atoms with E-state index < -0.39 is 0 Å². The molecule has 0 saturated heterocycles. The molecule has 0 fully saturated rings. The van der Waals surface area contributed by atoms with E-state index in [0.29, 0.717) is 0 Å². The smallest absolute Gasteiger partial charge is 0.180 e. The van der Waals surface area contributed by atoms with Crippen LogP contribution >= 0.6 is 0 Å². The van der Waals surface area contributed by atoms with Crippen LogP contribution in [0.5, 0.6) is 0 Å². The molecule has 0 spiro atoms. The van der Waals surface area contributed by atoms with Gasteiger partial charge in [-0.2, -0.15) is 0 Å². The Labute approximate surface area is 90.6 Å². The van der Waals surface area contributed by atoms with Gasteiger partial charge in [-0.25, -0.2) is 4.98 Å². The van der Waals surface area contributed by atoms with Crippen molar-refractivity contribution in [3.05, 3.63) is 30.0 Å². The highest BCUT2D eigenvalue weighted by molar-refractivity contribution is 5.05. The molecule has 82 valence electrons. The normalized spacial score (nSPS) is 16.4. The number of aromatic nitrogens is 1. The van der Waals surface area contributed by atoms with Gasteiger partial charge in [0.25, 0.3) is 0 Å². The number of nitrogens with zero attached hydrogens (tertiary/aromatic N) is 1. The zero-order valence-electron chi connectivity index (χ0n) is 9.04. The van der Waals surface area contributed by atoms with Crippen molar-refractivity contribution in [3.63, 3.8) is 0 Å². The summed E-state index contributed by atoms with van der Waals surface area (Å²) in [6, 6.07) is 0. The second kappa shape index (κ2) is 5.71. The summed E-state index contributed by atoms with van der Waals surface area (Å²) < 4.78 is 5.14. The molecule has 0 aromatic carbocycles. The summed E-state index contributed by atoms with van der Waals surface area (Å²) in [4.78, 5) is 3.87. The quantitative estimate of drug-likeness (QED) is 0.594. The van der Waals surface area contributed by atoms with Gasteiger partial charge >= 0.3 is 0 Å². The van der Waals surface area contributed by atoms with Gasteiger partial charge in [-0.1, -0.05) is 11.6 Å². The van der Waals surface area contributed by atoms with Crippen molar-refractivity contribution in [3.8, 4) is 0 Å². The predicted octanol–water partition coefficient (Wildman–Crippen LogP) is 2.65. The molecule has 1 aliphatic rings. The first-order valence-corrected chi connectivity index (χ1v) is 5.71. The maximum Gasteiger partial charge on any atom is 0.180 e. The molecule has 1 aliphatic carbocycles. The third-order valence-corrected chi connectivity index (χ3v) is 2.79. The summed E-state index contributed by atoms with van der Waals surface area (Å²) in [7, 11) is 0. The average molecular weight is 206 g/mol. The third kappa shape index (κ3) is 3.51. The van der Waals surface area contributed by atoms with E-state index >= 15 is 0 Å². The van der Waals surface area contributed by atoms with Gasteiger partial charge in [0.1, 0.15) is 5.76 Å². The number of allylic oxidation sites excluding steroid dienone is 1. The molecule has 0 radical (unpaired) electrons. The highest BCUT2D eigenvalue weighted by Crippen LogP contribution is 2.19. The van der Waals surface area contributed by atoms with E-state index in [1.165, 1.54) is 38.5 Å². The largest absolute Gasteiger partial charge is 0.447 e. The highest BCUT2D eigenvalue weighted by atomic mass is 16.3. The monoisotopic (exact) mass is 206 g/mol. The maximum absolute atomic E-state index is 5.14. The first-order valence-electron chi connectivity index (χ1n) is 5.71. The first-order chi connectivity index (χ1) is 7.45. The van der Waals surface area contributed by atoms with Crippen molar-refractivity contribution in [2.24, 2.45) is 0 Å². The number of rotatable bonds is 5. The van der Waals surface area contributed by atoms with Crippen molar-refractivity contribution in [1.82, 2.24) is 10.3 Å². The zero-order chi connectivity index (χ0) is 10.3. The minimum Gasteiger partial charge on any atom is -0.447 e. The van der Waals surface area contributed by atoms with Gasteiger partial charge in [0.15, 0.2) is 6.39 Å². The Hall–Kier alpha value is -1.09. The molecule has 1 heterocycles. The Morgan fingerprint density at radius 3 is 3.13 bits per heavy atom. The van der Waals surface area contributed by atoms with Gasteiger partial charge in [0.05, 0.1) is 12.7 Å². The third-order valence-electron chi connectivity index (χ3n) is 2.79. The molecule has 2 rings (SSSR count). The van der Waals surface area contributed by atoms with Crippen molar-refractivity contribution in [2.75, 3.05) is 6.54 Å². The molecular formula is C12H18N2O. The molecule has 0 saturated carbocycles. The van der Waals surface area contributed by atoms with Crippen LogP contribution < -0.4 is 5.32 Å². The van der Waals surface area contributed by atoms with Crippen LogP contribution in [0.1, 0.15) is 37.9 Å². The molecule has 3 nitrogen and oxygen atoms in total. The summed E-state index contributed by atoms with van der Waals surface area (Å²) in [5.74, 6) is 0.910. The number of nitrogens with one attached hydrogen (secondary N) is 1. The van der Waals surface area contributed by atoms with E-state index in [4.69, 9.17) is 4.42 Å². The van der Waals surface area contributed by atoms with E-state index in [2.05, 4.69) is 16.4 Å². The highest BCUT2D eigenvalue weighted by Gasteiger charge is 2.03. The van der Waals surface area contributed by atoms with Gasteiger partial charge in [-0.3, -0.25) is 0 Å². The number of oxazole rings is 1. The van der Waals surface area contributed by atoms with Crippen LogP contribution in [0.25, 0.3) is 0 Å². The summed E-state index contributed by atoms with van der Waals surface area (Å²) in [6.45, 7) is 1.82. The molecule has 1 aromatic rings. The molecule has 3 heteroatoms. The standard InChI is InChI=1S/C12H18N2O/c1-2-4-11(5-3-1)6-7-13-8-12-9-14-10-15-12/h4,9-10,13H,1-3,5-8H2. The second-order valence-corrected chi connectivity index (χ2v) is 4.00. The topological polar surface area (TPSA) is 38.1 Å². The lowest BCUT2D eigenvalue weighted by molar-refractivity contribution is 0.479. The first kappa shape index (κ1) is 10.4. The predicted molar refractivity (Wildman–Crippen MR) is 59.4 cm³/mol. The van der Waals surface area contributed by atoms with Crippen LogP contribution in [0.15, 0.2) is 28.7 Å². The van der Waals surface area contributed by atoms with Crippen LogP contribution in [0.4, 0.5) is 0 Å². The summed E-state index contributed by atoms with van der Waals surface area (Å²) in [6.07, 6.45) is 12.1. The van der Waals surface area contributed by atoms with E-state index in [1.807, 2.05) is 0 Å². The van der Waals surface area contributed by atoms with Crippen LogP contribution in [-0.2, 0) is 6.54 Å². The molecule has 0 bridgehead atoms. The number of hydrogen-bond donors (Lipinski definition) is 1. The lowest BCUT2D eigenvalue weighted by Gasteiger charge is -2.12. The summed E-state index contributed by atoms with van der Waals surface area (Å²) in [5.41, 5.74) is 1.62. The molecule has 0 atom stereocenters.